The van der Waals surface area contributed by atoms with Gasteiger partial charge in [0, 0.05) is 49.0 Å². The van der Waals surface area contributed by atoms with E-state index in [2.05, 4.69) is 25.6 Å². The Morgan fingerprint density at radius 2 is 1.53 bits per heavy atom. The van der Waals surface area contributed by atoms with E-state index in [1.165, 1.54) is 6.08 Å². The minimum absolute atomic E-state index is 0.0904. The van der Waals surface area contributed by atoms with Crippen molar-refractivity contribution >= 4 is 29.9 Å². The number of rotatable bonds is 14. The first-order chi connectivity index (χ1) is 23.9. The molecule has 0 bridgehead atoms. The smallest absolute Gasteiger partial charge is 0.324 e. The van der Waals surface area contributed by atoms with Crippen molar-refractivity contribution in [3.05, 3.63) is 144 Å². The first-order valence-corrected chi connectivity index (χ1v) is 15.5. The Morgan fingerprint density at radius 3 is 2.22 bits per heavy atom. The number of anilines is 1. The SMILES string of the molecule is O=C(/C=C/c1ccc(CN(CCOc2ccc(-c3ccc(CC(=O)NCc4ccccc4)nc3)cc2)C(=O)Nc2ncccn2)cc1)NO. The topological polar surface area (TPSA) is 159 Å². The van der Waals surface area contributed by atoms with Gasteiger partial charge in [-0.2, -0.15) is 0 Å². The second-order valence-electron chi connectivity index (χ2n) is 10.8. The van der Waals surface area contributed by atoms with Crippen LogP contribution in [0.4, 0.5) is 10.7 Å². The van der Waals surface area contributed by atoms with Gasteiger partial charge in [0.2, 0.25) is 11.9 Å². The lowest BCUT2D eigenvalue weighted by Gasteiger charge is -2.23. The van der Waals surface area contributed by atoms with Crippen molar-refractivity contribution in [1.29, 1.82) is 0 Å². The summed E-state index contributed by atoms with van der Waals surface area (Å²) in [4.78, 5) is 51.0. The molecule has 4 N–H and O–H groups in total. The van der Waals surface area contributed by atoms with Gasteiger partial charge in [0.25, 0.3) is 5.91 Å². The van der Waals surface area contributed by atoms with Crippen LogP contribution in [0.3, 0.4) is 0 Å². The van der Waals surface area contributed by atoms with E-state index in [0.717, 1.165) is 27.8 Å². The molecular formula is C37H35N7O5. The molecule has 0 saturated heterocycles. The molecule has 0 unspecified atom stereocenters. The molecule has 0 atom stereocenters. The minimum Gasteiger partial charge on any atom is -0.492 e. The number of hydrogen-bond donors (Lipinski definition) is 4. The molecule has 248 valence electrons. The highest BCUT2D eigenvalue weighted by molar-refractivity contribution is 5.90. The number of benzene rings is 3. The molecule has 0 aliphatic carbocycles. The Hall–Kier alpha value is -6.40. The normalized spacial score (nSPS) is 10.7. The first kappa shape index (κ1) is 33.9. The van der Waals surface area contributed by atoms with E-state index >= 15 is 0 Å². The molecule has 12 nitrogen and oxygen atoms in total. The Balaban J connectivity index is 1.14. The summed E-state index contributed by atoms with van der Waals surface area (Å²) in [6.07, 6.45) is 7.80. The Morgan fingerprint density at radius 1 is 0.796 bits per heavy atom. The number of amides is 4. The third-order valence-electron chi connectivity index (χ3n) is 7.28. The molecule has 0 radical (unpaired) electrons. The van der Waals surface area contributed by atoms with Gasteiger partial charge in [0.15, 0.2) is 0 Å². The molecule has 0 aliphatic heterocycles. The molecule has 0 aliphatic rings. The average Bonchev–Trinajstić information content (AvgIpc) is 3.14. The number of carbonyl (C=O) groups is 3. The van der Waals surface area contributed by atoms with Crippen LogP contribution >= 0.6 is 0 Å². The van der Waals surface area contributed by atoms with Gasteiger partial charge in [-0.25, -0.2) is 20.2 Å². The van der Waals surface area contributed by atoms with Gasteiger partial charge in [-0.05, 0) is 52.6 Å². The van der Waals surface area contributed by atoms with E-state index in [4.69, 9.17) is 9.94 Å². The van der Waals surface area contributed by atoms with Crippen LogP contribution in [0.1, 0.15) is 22.4 Å². The Kier molecular flexibility index (Phi) is 12.1. The number of pyridine rings is 1. The fraction of sp³-hybridized carbons (Fsp3) is 0.135. The van der Waals surface area contributed by atoms with Crippen LogP contribution in [-0.4, -0.2) is 56.1 Å². The summed E-state index contributed by atoms with van der Waals surface area (Å²) in [6.45, 7) is 1.24. The summed E-state index contributed by atoms with van der Waals surface area (Å²) in [5, 5.41) is 14.3. The van der Waals surface area contributed by atoms with E-state index < -0.39 is 11.9 Å². The van der Waals surface area contributed by atoms with E-state index in [-0.39, 0.29) is 38.0 Å². The predicted octanol–water partition coefficient (Wildman–Crippen LogP) is 5.03. The van der Waals surface area contributed by atoms with Gasteiger partial charge in [-0.15, -0.1) is 0 Å². The first-order valence-electron chi connectivity index (χ1n) is 15.5. The number of hydrogen-bond acceptors (Lipinski definition) is 8. The van der Waals surface area contributed by atoms with Crippen LogP contribution in [0.2, 0.25) is 0 Å². The van der Waals surface area contributed by atoms with Gasteiger partial charge in [0.1, 0.15) is 12.4 Å². The summed E-state index contributed by atoms with van der Waals surface area (Å²) in [5.41, 5.74) is 6.72. The lowest BCUT2D eigenvalue weighted by Crippen LogP contribution is -2.37. The fourth-order valence-corrected chi connectivity index (χ4v) is 4.70. The van der Waals surface area contributed by atoms with Crippen LogP contribution in [0.15, 0.2) is 122 Å². The zero-order chi connectivity index (χ0) is 34.3. The summed E-state index contributed by atoms with van der Waals surface area (Å²) >= 11 is 0. The minimum atomic E-state index is -0.631. The van der Waals surface area contributed by atoms with Crippen molar-refractivity contribution in [2.24, 2.45) is 0 Å². The summed E-state index contributed by atoms with van der Waals surface area (Å²) < 4.78 is 5.99. The number of urea groups is 1. The molecule has 3 aromatic carbocycles. The molecule has 0 spiro atoms. The quantitative estimate of drug-likeness (QED) is 0.0736. The van der Waals surface area contributed by atoms with Crippen LogP contribution in [0, 0.1) is 0 Å². The number of hydroxylamine groups is 1. The van der Waals surface area contributed by atoms with Gasteiger partial charge in [-0.3, -0.25) is 25.1 Å². The van der Waals surface area contributed by atoms with Crippen LogP contribution < -0.4 is 20.9 Å². The second-order valence-corrected chi connectivity index (χ2v) is 10.8. The number of nitrogens with one attached hydrogen (secondary N) is 3. The van der Waals surface area contributed by atoms with Crippen molar-refractivity contribution in [3.8, 4) is 16.9 Å². The van der Waals surface area contributed by atoms with Gasteiger partial charge < -0.3 is 15.0 Å². The number of nitrogens with zero attached hydrogens (tertiary/aromatic N) is 4. The van der Waals surface area contributed by atoms with E-state index in [1.54, 1.807) is 53.2 Å². The van der Waals surface area contributed by atoms with Crippen molar-refractivity contribution in [2.75, 3.05) is 18.5 Å². The number of aromatic nitrogens is 3. The van der Waals surface area contributed by atoms with E-state index in [9.17, 15) is 14.4 Å². The van der Waals surface area contributed by atoms with Crippen molar-refractivity contribution in [1.82, 2.24) is 30.6 Å². The monoisotopic (exact) mass is 657 g/mol. The third-order valence-corrected chi connectivity index (χ3v) is 7.28. The largest absolute Gasteiger partial charge is 0.492 e. The zero-order valence-electron chi connectivity index (χ0n) is 26.5. The molecule has 5 rings (SSSR count). The van der Waals surface area contributed by atoms with Gasteiger partial charge in [0.05, 0.1) is 13.0 Å². The maximum absolute atomic E-state index is 13.2. The van der Waals surface area contributed by atoms with Crippen molar-refractivity contribution in [3.63, 3.8) is 0 Å². The van der Waals surface area contributed by atoms with Crippen molar-refractivity contribution in [2.45, 2.75) is 19.5 Å². The van der Waals surface area contributed by atoms with Crippen LogP contribution in [0.25, 0.3) is 17.2 Å². The van der Waals surface area contributed by atoms with E-state index in [0.29, 0.717) is 18.0 Å². The Bertz CT molecular complexity index is 1840. The molecule has 4 amide bonds. The van der Waals surface area contributed by atoms with Gasteiger partial charge in [-0.1, -0.05) is 72.8 Å². The summed E-state index contributed by atoms with van der Waals surface area (Å²) in [6, 6.07) is 29.7. The summed E-state index contributed by atoms with van der Waals surface area (Å²) in [5.74, 6) is 0.101. The van der Waals surface area contributed by atoms with Crippen LogP contribution in [-0.2, 0) is 29.1 Å². The highest BCUT2D eigenvalue weighted by Gasteiger charge is 2.16. The lowest BCUT2D eigenvalue weighted by molar-refractivity contribution is -0.124. The highest BCUT2D eigenvalue weighted by Crippen LogP contribution is 2.22. The molecule has 12 heteroatoms. The average molecular weight is 658 g/mol. The maximum atomic E-state index is 13.2. The molecule has 0 fully saturated rings. The lowest BCUT2D eigenvalue weighted by atomic mass is 10.1. The molecule has 49 heavy (non-hydrogen) atoms. The van der Waals surface area contributed by atoms with Gasteiger partial charge >= 0.3 is 6.03 Å². The maximum Gasteiger partial charge on any atom is 0.324 e. The predicted molar refractivity (Wildman–Crippen MR) is 184 cm³/mol. The molecule has 2 heterocycles. The summed E-state index contributed by atoms with van der Waals surface area (Å²) in [7, 11) is 0. The fourth-order valence-electron chi connectivity index (χ4n) is 4.70. The van der Waals surface area contributed by atoms with Crippen molar-refractivity contribution < 1.29 is 24.3 Å². The third kappa shape index (κ3) is 10.8. The Labute approximate surface area is 283 Å². The van der Waals surface area contributed by atoms with Crippen LogP contribution in [0.5, 0.6) is 5.75 Å². The standard InChI is InChI=1S/C37H35N7O5/c45-34(43-48)18-11-27-7-9-29(10-8-27)26-44(37(47)42-36-38-19-4-20-39-36)21-22-49-33-16-13-30(14-17-33)31-12-15-32(40-25-31)23-35(46)41-24-28-5-2-1-3-6-28/h1-20,25,48H,21-24,26H2,(H,41,46)(H,43,45)(H,38,39,42,47)/b18-11+. The van der Waals surface area contributed by atoms with E-state index in [1.807, 2.05) is 78.9 Å². The number of ether oxygens (including phenoxy) is 1. The second kappa shape index (κ2) is 17.5. The molecular weight excluding hydrogens is 622 g/mol. The highest BCUT2D eigenvalue weighted by atomic mass is 16.5. The molecule has 2 aromatic heterocycles. The number of carbonyl (C=O) groups excluding carboxylic acids is 3. The molecule has 0 saturated carbocycles. The zero-order valence-corrected chi connectivity index (χ0v) is 26.5. The molecule has 5 aromatic rings.